The standard InChI is InChI=1S/C39H59Cl2NO2.C35H45Cl2NO6/c1-27(2)7-6-8-28(3)34-15-16-35-33-14-11-30-26-32(17-19-38(30,4)36(33)18-20-39(34,35)5)44-37(43)25-29-9-12-31(13-10-29)42(23-21-40)24-22-41;1-33-14-12-26(39)20-24(33)8-11-27-28-13-15-35(43,34(28,2)21-29(40)32(27)33)30(41)22-44-31(42)5-3-4-23-6-9-25(10-7-23)38(18-16-36)19-17-37/h9-13,27-28,32-36H,6-8,14-26H2,1-5H3;6-7,9-10,12,14,20,27-29,32,40,43H,3-5,8,11,13,15-19,21-22H2,1-2H3/t28-,32+,33+,34-,35+,36+,38+,39-;27-,28-,29-,32+,33-,34-,35-/m10/s1. The summed E-state index contributed by atoms with van der Waals surface area (Å²) in [6.45, 7) is 19.1. The summed E-state index contributed by atoms with van der Waals surface area (Å²) < 4.78 is 11.5. The molecular formula is C74H104Cl4N2O8. The van der Waals surface area contributed by atoms with E-state index in [2.05, 4.69) is 69.6 Å². The van der Waals surface area contributed by atoms with Crippen molar-refractivity contribution in [3.05, 3.63) is 95.1 Å². The van der Waals surface area contributed by atoms with Crippen molar-refractivity contribution in [1.29, 1.82) is 0 Å². The molecule has 486 valence electrons. The fourth-order valence-corrected chi connectivity index (χ4v) is 20.4. The van der Waals surface area contributed by atoms with Crippen molar-refractivity contribution in [1.82, 2.24) is 0 Å². The van der Waals surface area contributed by atoms with Crippen molar-refractivity contribution >= 4 is 81.3 Å². The Morgan fingerprint density at radius 2 is 1.34 bits per heavy atom. The third-order valence-electron chi connectivity index (χ3n) is 24.2. The minimum absolute atomic E-state index is 0.0103. The Morgan fingerprint density at radius 3 is 1.98 bits per heavy atom. The maximum Gasteiger partial charge on any atom is 0.310 e. The predicted molar refractivity (Wildman–Crippen MR) is 359 cm³/mol. The molecule has 0 unspecified atom stereocenters. The molecule has 2 aromatic carbocycles. The maximum atomic E-state index is 13.5. The van der Waals surface area contributed by atoms with Gasteiger partial charge in [-0.3, -0.25) is 19.2 Å². The summed E-state index contributed by atoms with van der Waals surface area (Å²) in [5.74, 6) is 6.27. The van der Waals surface area contributed by atoms with Gasteiger partial charge in [0, 0.05) is 90.7 Å². The first-order valence-electron chi connectivity index (χ1n) is 33.9. The van der Waals surface area contributed by atoms with Crippen LogP contribution in [0.15, 0.2) is 84.0 Å². The number of halogens is 4. The first-order valence-corrected chi connectivity index (χ1v) is 36.0. The lowest BCUT2D eigenvalue weighted by molar-refractivity contribution is -0.181. The van der Waals surface area contributed by atoms with Crippen LogP contribution in [0.3, 0.4) is 0 Å². The Morgan fingerprint density at radius 1 is 0.705 bits per heavy atom. The van der Waals surface area contributed by atoms with Crippen molar-refractivity contribution in [2.24, 2.45) is 74.9 Å². The zero-order valence-electron chi connectivity index (χ0n) is 54.0. The van der Waals surface area contributed by atoms with E-state index in [1.807, 2.05) is 49.4 Å². The number of carbonyl (C=O) groups excluding carboxylic acids is 4. The highest BCUT2D eigenvalue weighted by Crippen LogP contribution is 2.69. The molecule has 0 aromatic heterocycles. The SMILES string of the molecule is CC(C)CCC[C@@H](C)[C@H]1CC[C@H]2[C@@H]3CC=C4C[C@@H](OC(=O)Cc5ccc(N(CCCl)CCCl)cc5)CC[C@]4(C)[C@H]3CC[C@]12C.C[C@]12C=CC(=O)C=C1CC[C@@H]1[C@@H]2[C@@H](O)C[C@@]2(C)[C@H]1CC[C@]2(O)C(=O)COC(=O)CCCc1ccc(N(CCCl)CCCl)cc1. The van der Waals surface area contributed by atoms with Crippen LogP contribution in [0.4, 0.5) is 11.4 Å². The number of benzene rings is 2. The van der Waals surface area contributed by atoms with E-state index in [0.29, 0.717) is 67.7 Å². The predicted octanol–water partition coefficient (Wildman–Crippen LogP) is 15.9. The Hall–Kier alpha value is -3.38. The Bertz CT molecular complexity index is 2810. The normalized spacial score (nSPS) is 33.8. The van der Waals surface area contributed by atoms with Gasteiger partial charge >= 0.3 is 11.9 Å². The molecule has 10 rings (SSSR count). The zero-order chi connectivity index (χ0) is 63.2. The summed E-state index contributed by atoms with van der Waals surface area (Å²) in [6, 6.07) is 16.3. The molecule has 0 spiro atoms. The lowest BCUT2D eigenvalue weighted by Crippen LogP contribution is -2.61. The molecule has 6 saturated carbocycles. The van der Waals surface area contributed by atoms with Gasteiger partial charge in [0.2, 0.25) is 5.78 Å². The molecule has 0 aliphatic heterocycles. The number of nitrogens with zero attached hydrogens (tertiary/aromatic N) is 2. The zero-order valence-corrected chi connectivity index (χ0v) is 57.1. The molecule has 6 fully saturated rings. The van der Waals surface area contributed by atoms with Crippen LogP contribution in [0, 0.1) is 74.9 Å². The molecule has 10 nitrogen and oxygen atoms in total. The number of Topliss-reactive ketones (excluding diaryl/α,β-unsaturated/α-hetero) is 1. The lowest BCUT2D eigenvalue weighted by Gasteiger charge is -2.59. The molecule has 0 amide bonds. The van der Waals surface area contributed by atoms with Gasteiger partial charge in [0.25, 0.3) is 0 Å². The number of aryl methyl sites for hydroxylation is 1. The van der Waals surface area contributed by atoms with Crippen LogP contribution in [0.5, 0.6) is 0 Å². The molecule has 8 aliphatic carbocycles. The molecule has 15 atom stereocenters. The topological polar surface area (TPSA) is 134 Å². The number of ketones is 2. The van der Waals surface area contributed by atoms with Crippen LogP contribution in [-0.2, 0) is 41.5 Å². The Balaban J connectivity index is 0.000000209. The molecule has 2 N–H and O–H groups in total. The van der Waals surface area contributed by atoms with Crippen LogP contribution in [0.2, 0.25) is 0 Å². The molecule has 2 aromatic rings. The molecule has 0 saturated heterocycles. The summed E-state index contributed by atoms with van der Waals surface area (Å²) in [6.07, 6.45) is 25.9. The third kappa shape index (κ3) is 14.5. The number of ether oxygens (including phenoxy) is 2. The van der Waals surface area contributed by atoms with Crippen molar-refractivity contribution in [3.63, 3.8) is 0 Å². The van der Waals surface area contributed by atoms with E-state index in [1.54, 1.807) is 17.7 Å². The van der Waals surface area contributed by atoms with Crippen LogP contribution >= 0.6 is 46.4 Å². The summed E-state index contributed by atoms with van der Waals surface area (Å²) in [5.41, 5.74) is 4.79. The number of hydrogen-bond acceptors (Lipinski definition) is 10. The van der Waals surface area contributed by atoms with Gasteiger partial charge < -0.3 is 29.5 Å². The number of anilines is 2. The molecule has 88 heavy (non-hydrogen) atoms. The van der Waals surface area contributed by atoms with Gasteiger partial charge in [-0.2, -0.15) is 0 Å². The van der Waals surface area contributed by atoms with Crippen LogP contribution in [-0.4, -0.2) is 108 Å². The number of alkyl halides is 4. The van der Waals surface area contributed by atoms with Crippen molar-refractivity contribution in [2.75, 3.05) is 66.1 Å². The highest BCUT2D eigenvalue weighted by Gasteiger charge is 2.68. The second-order valence-electron chi connectivity index (χ2n) is 29.4. The number of rotatable bonds is 25. The average Bonchev–Trinajstić information content (AvgIpc) is 1.39. The lowest BCUT2D eigenvalue weighted by atomic mass is 9.46. The monoisotopic (exact) mass is 1290 g/mol. The van der Waals surface area contributed by atoms with E-state index >= 15 is 0 Å². The number of esters is 2. The summed E-state index contributed by atoms with van der Waals surface area (Å²) >= 11 is 23.8. The number of hydrogen-bond donors (Lipinski definition) is 2. The second kappa shape index (κ2) is 29.7. The number of fused-ring (bicyclic) bond motifs is 10. The van der Waals surface area contributed by atoms with Gasteiger partial charge in [0.15, 0.2) is 12.4 Å². The van der Waals surface area contributed by atoms with E-state index in [4.69, 9.17) is 55.9 Å². The Labute approximate surface area is 547 Å². The van der Waals surface area contributed by atoms with Gasteiger partial charge in [-0.1, -0.05) is 115 Å². The van der Waals surface area contributed by atoms with Crippen LogP contribution < -0.4 is 9.80 Å². The second-order valence-corrected chi connectivity index (χ2v) is 30.9. The molecular weight excluding hydrogens is 1190 g/mol. The summed E-state index contributed by atoms with van der Waals surface area (Å²) in [4.78, 5) is 55.5. The van der Waals surface area contributed by atoms with Crippen molar-refractivity contribution < 1.29 is 38.9 Å². The highest BCUT2D eigenvalue weighted by molar-refractivity contribution is 6.19. The summed E-state index contributed by atoms with van der Waals surface area (Å²) in [7, 11) is 0. The minimum atomic E-state index is -1.66. The van der Waals surface area contributed by atoms with E-state index < -0.39 is 40.9 Å². The Kier molecular flexibility index (Phi) is 23.3. The van der Waals surface area contributed by atoms with E-state index in [-0.39, 0.29) is 60.3 Å². The first-order chi connectivity index (χ1) is 42.0. The fraction of sp³-hybridized carbons (Fsp3) is 0.703. The van der Waals surface area contributed by atoms with Gasteiger partial charge in [-0.25, -0.2) is 0 Å². The van der Waals surface area contributed by atoms with Crippen LogP contribution in [0.25, 0.3) is 0 Å². The molecule has 0 radical (unpaired) electrons. The minimum Gasteiger partial charge on any atom is -0.462 e. The quantitative estimate of drug-likeness (QED) is 0.0562. The fourth-order valence-electron chi connectivity index (χ4n) is 19.6. The third-order valence-corrected chi connectivity index (χ3v) is 24.9. The van der Waals surface area contributed by atoms with E-state index in [1.165, 1.54) is 51.4 Å². The number of allylic oxidation sites excluding steroid dienone is 5. The average molecular weight is 1290 g/mol. The van der Waals surface area contributed by atoms with Crippen molar-refractivity contribution in [2.45, 2.75) is 195 Å². The van der Waals surface area contributed by atoms with Gasteiger partial charge in [-0.05, 0) is 196 Å². The smallest absolute Gasteiger partial charge is 0.310 e. The number of carbonyl (C=O) groups is 4. The van der Waals surface area contributed by atoms with Gasteiger partial charge in [-0.15, -0.1) is 46.4 Å². The number of aliphatic hydroxyl groups is 2. The van der Waals surface area contributed by atoms with E-state index in [9.17, 15) is 29.4 Å². The van der Waals surface area contributed by atoms with Gasteiger partial charge in [0.05, 0.1) is 12.5 Å². The summed E-state index contributed by atoms with van der Waals surface area (Å²) in [5, 5.41) is 23.4. The highest BCUT2D eigenvalue weighted by atomic mass is 35.5. The molecule has 0 bridgehead atoms. The first kappa shape index (κ1) is 69.0. The van der Waals surface area contributed by atoms with Gasteiger partial charge in [0.1, 0.15) is 11.7 Å². The van der Waals surface area contributed by atoms with E-state index in [0.717, 1.165) is 109 Å². The van der Waals surface area contributed by atoms with Crippen molar-refractivity contribution in [3.8, 4) is 0 Å². The maximum absolute atomic E-state index is 13.5. The largest absolute Gasteiger partial charge is 0.462 e. The number of aliphatic hydroxyl groups excluding tert-OH is 1. The molecule has 0 heterocycles. The molecule has 8 aliphatic rings. The molecule has 14 heteroatoms. The van der Waals surface area contributed by atoms with Crippen LogP contribution in [0.1, 0.15) is 175 Å².